The molecule has 128 valence electrons. The Morgan fingerprint density at radius 3 is 2.38 bits per heavy atom. The topological polar surface area (TPSA) is 38.3 Å². The molecule has 9 heteroatoms. The van der Waals surface area contributed by atoms with Crippen LogP contribution in [0.4, 0.5) is 27.6 Å². The quantitative estimate of drug-likeness (QED) is 0.755. The van der Waals surface area contributed by atoms with Gasteiger partial charge in [-0.05, 0) is 30.3 Å². The van der Waals surface area contributed by atoms with Gasteiger partial charge in [0, 0.05) is 5.69 Å². The van der Waals surface area contributed by atoms with Crippen LogP contribution in [0, 0.1) is 0 Å². The van der Waals surface area contributed by atoms with Crippen LogP contribution in [0.5, 0.6) is 5.75 Å². The molecule has 0 fully saturated rings. The van der Waals surface area contributed by atoms with E-state index in [9.17, 15) is 26.7 Å². The number of nitrogens with one attached hydrogen (secondary N) is 1. The van der Waals surface area contributed by atoms with E-state index in [1.54, 1.807) is 0 Å². The van der Waals surface area contributed by atoms with Crippen molar-refractivity contribution < 1.29 is 31.5 Å². The highest BCUT2D eigenvalue weighted by Gasteiger charge is 2.34. The number of carbonyl (C=O) groups is 1. The van der Waals surface area contributed by atoms with Crippen molar-refractivity contribution in [1.29, 1.82) is 0 Å². The summed E-state index contributed by atoms with van der Waals surface area (Å²) < 4.78 is 67.1. The summed E-state index contributed by atoms with van der Waals surface area (Å²) in [7, 11) is 0. The zero-order chi connectivity index (χ0) is 17.9. The van der Waals surface area contributed by atoms with E-state index in [1.165, 1.54) is 12.1 Å². The highest BCUT2D eigenvalue weighted by Crippen LogP contribution is 2.33. The van der Waals surface area contributed by atoms with Crippen molar-refractivity contribution in [2.45, 2.75) is 12.8 Å². The molecule has 0 aliphatic rings. The van der Waals surface area contributed by atoms with Gasteiger partial charge in [-0.15, -0.1) is 0 Å². The summed E-state index contributed by atoms with van der Waals surface area (Å²) in [6.07, 6.45) is -4.69. The van der Waals surface area contributed by atoms with Gasteiger partial charge in [-0.1, -0.05) is 23.7 Å². The van der Waals surface area contributed by atoms with E-state index in [0.29, 0.717) is 0 Å². The maximum absolute atomic E-state index is 12.9. The van der Waals surface area contributed by atoms with Crippen molar-refractivity contribution in [2.75, 3.05) is 5.32 Å². The highest BCUT2D eigenvalue weighted by atomic mass is 35.5. The lowest BCUT2D eigenvalue weighted by Gasteiger charge is -2.13. The van der Waals surface area contributed by atoms with Crippen LogP contribution in [0.3, 0.4) is 0 Å². The molecule has 0 saturated heterocycles. The summed E-state index contributed by atoms with van der Waals surface area (Å²) in [4.78, 5) is 12.1. The maximum atomic E-state index is 12.9. The minimum Gasteiger partial charge on any atom is -0.433 e. The van der Waals surface area contributed by atoms with Gasteiger partial charge in [0.25, 0.3) is 5.91 Å². The second-order valence-corrected chi connectivity index (χ2v) is 4.93. The first-order chi connectivity index (χ1) is 11.2. The minimum atomic E-state index is -4.69. The Kier molecular flexibility index (Phi) is 5.28. The third-order valence-corrected chi connectivity index (χ3v) is 3.18. The number of amides is 1. The number of rotatable bonds is 4. The molecule has 1 amide bonds. The largest absolute Gasteiger partial charge is 0.433 e. The zero-order valence-corrected chi connectivity index (χ0v) is 12.5. The van der Waals surface area contributed by atoms with Gasteiger partial charge in [-0.25, -0.2) is 0 Å². The summed E-state index contributed by atoms with van der Waals surface area (Å²) in [5.74, 6) is -1.33. The third-order valence-electron chi connectivity index (χ3n) is 2.88. The number of hydrogen-bond donors (Lipinski definition) is 1. The van der Waals surface area contributed by atoms with E-state index < -0.39 is 29.8 Å². The van der Waals surface area contributed by atoms with E-state index in [4.69, 9.17) is 11.6 Å². The molecule has 0 spiro atoms. The molecule has 2 rings (SSSR count). The average Bonchev–Trinajstić information content (AvgIpc) is 2.49. The summed E-state index contributed by atoms with van der Waals surface area (Å²) in [5.41, 5.74) is -1.64. The third kappa shape index (κ3) is 4.35. The van der Waals surface area contributed by atoms with Gasteiger partial charge in [0.15, 0.2) is 0 Å². The van der Waals surface area contributed by atoms with Gasteiger partial charge in [-0.2, -0.15) is 22.0 Å². The maximum Gasteiger partial charge on any atom is 0.417 e. The van der Waals surface area contributed by atoms with Crippen LogP contribution in [0.15, 0.2) is 42.5 Å². The molecule has 0 aliphatic heterocycles. The van der Waals surface area contributed by atoms with Crippen molar-refractivity contribution in [3.8, 4) is 5.75 Å². The van der Waals surface area contributed by atoms with Crippen LogP contribution in [-0.4, -0.2) is 12.5 Å². The second kappa shape index (κ2) is 7.04. The van der Waals surface area contributed by atoms with E-state index in [0.717, 1.165) is 30.3 Å². The monoisotopic (exact) mass is 365 g/mol. The lowest BCUT2D eigenvalue weighted by molar-refractivity contribution is -0.137. The van der Waals surface area contributed by atoms with Crippen molar-refractivity contribution in [1.82, 2.24) is 0 Å². The molecule has 0 aromatic heterocycles. The lowest BCUT2D eigenvalue weighted by Crippen LogP contribution is -2.18. The molecule has 2 aromatic carbocycles. The van der Waals surface area contributed by atoms with Gasteiger partial charge in [0.2, 0.25) is 0 Å². The van der Waals surface area contributed by atoms with Crippen molar-refractivity contribution in [3.05, 3.63) is 58.6 Å². The summed E-state index contributed by atoms with van der Waals surface area (Å²) in [5, 5.41) is 2.00. The Balaban J connectivity index is 2.24. The van der Waals surface area contributed by atoms with E-state index in [-0.39, 0.29) is 16.5 Å². The number of benzene rings is 2. The molecular formula is C15H9ClF5NO2. The molecule has 2 aromatic rings. The molecule has 24 heavy (non-hydrogen) atoms. The number of carbonyl (C=O) groups excluding carboxylic acids is 1. The van der Waals surface area contributed by atoms with Crippen LogP contribution in [-0.2, 0) is 6.18 Å². The first-order valence-corrected chi connectivity index (χ1v) is 6.78. The van der Waals surface area contributed by atoms with E-state index >= 15 is 0 Å². The molecule has 0 radical (unpaired) electrons. The van der Waals surface area contributed by atoms with Crippen molar-refractivity contribution in [3.63, 3.8) is 0 Å². The fourth-order valence-electron chi connectivity index (χ4n) is 1.90. The van der Waals surface area contributed by atoms with E-state index in [2.05, 4.69) is 10.1 Å². The first-order valence-electron chi connectivity index (χ1n) is 6.40. The summed E-state index contributed by atoms with van der Waals surface area (Å²) >= 11 is 5.72. The molecule has 0 heterocycles. The van der Waals surface area contributed by atoms with Gasteiger partial charge < -0.3 is 10.1 Å². The minimum absolute atomic E-state index is 0.0311. The number of alkyl halides is 5. The molecule has 0 saturated carbocycles. The summed E-state index contributed by atoms with van der Waals surface area (Å²) in [6.45, 7) is -3.08. The Morgan fingerprint density at radius 2 is 1.79 bits per heavy atom. The predicted octanol–water partition coefficient (Wildman–Crippen LogP) is 5.21. The Bertz CT molecular complexity index is 749. The number of ether oxygens (including phenoxy) is 1. The fraction of sp³-hybridized carbons (Fsp3) is 0.133. The van der Waals surface area contributed by atoms with Gasteiger partial charge in [0.1, 0.15) is 5.75 Å². The predicted molar refractivity (Wildman–Crippen MR) is 77.5 cm³/mol. The van der Waals surface area contributed by atoms with Gasteiger partial charge in [0.05, 0.1) is 16.1 Å². The molecule has 0 atom stereocenters. The normalized spacial score (nSPS) is 11.5. The van der Waals surface area contributed by atoms with Crippen LogP contribution in [0.1, 0.15) is 15.9 Å². The summed E-state index contributed by atoms with van der Waals surface area (Å²) in [6, 6.07) is 7.59. The highest BCUT2D eigenvalue weighted by molar-refractivity contribution is 6.32. The molecule has 0 bridgehead atoms. The zero-order valence-electron chi connectivity index (χ0n) is 11.7. The van der Waals surface area contributed by atoms with Crippen LogP contribution < -0.4 is 10.1 Å². The number of halogens is 6. The fourth-order valence-corrected chi connectivity index (χ4v) is 2.12. The second-order valence-electron chi connectivity index (χ2n) is 4.52. The standard InChI is InChI=1S/C15H9ClF5NO2/c16-11-7-8(5-6-12(11)24-14(17)18)22-13(23)9-3-1-2-4-10(9)15(19,20)21/h1-7,14H,(H,22,23). The van der Waals surface area contributed by atoms with Gasteiger partial charge in [-0.3, -0.25) is 4.79 Å². The Morgan fingerprint density at radius 1 is 1.12 bits per heavy atom. The molecule has 0 unspecified atom stereocenters. The van der Waals surface area contributed by atoms with Crippen LogP contribution in [0.25, 0.3) is 0 Å². The van der Waals surface area contributed by atoms with Crippen molar-refractivity contribution >= 4 is 23.2 Å². The van der Waals surface area contributed by atoms with Crippen LogP contribution in [0.2, 0.25) is 5.02 Å². The Hall–Kier alpha value is -2.35. The van der Waals surface area contributed by atoms with Crippen LogP contribution >= 0.6 is 11.6 Å². The average molecular weight is 366 g/mol. The molecule has 0 aliphatic carbocycles. The lowest BCUT2D eigenvalue weighted by atomic mass is 10.1. The molecule has 3 nitrogen and oxygen atoms in total. The van der Waals surface area contributed by atoms with E-state index in [1.807, 2.05) is 0 Å². The molecule has 1 N–H and O–H groups in total. The SMILES string of the molecule is O=C(Nc1ccc(OC(F)F)c(Cl)c1)c1ccccc1C(F)(F)F. The number of hydrogen-bond acceptors (Lipinski definition) is 2. The van der Waals surface area contributed by atoms with Gasteiger partial charge >= 0.3 is 12.8 Å². The Labute approximate surface area is 138 Å². The molecular weight excluding hydrogens is 357 g/mol. The van der Waals surface area contributed by atoms with Crippen molar-refractivity contribution in [2.24, 2.45) is 0 Å². The first kappa shape index (κ1) is 18.0. The number of anilines is 1. The smallest absolute Gasteiger partial charge is 0.417 e.